The molecule has 0 aliphatic heterocycles. The van der Waals surface area contributed by atoms with E-state index < -0.39 is 5.54 Å². The molecule has 4 nitrogen and oxygen atoms in total. The third-order valence-electron chi connectivity index (χ3n) is 2.74. The number of ketones is 1. The summed E-state index contributed by atoms with van der Waals surface area (Å²) in [4.78, 5) is 19.6. The van der Waals surface area contributed by atoms with Crippen molar-refractivity contribution in [1.82, 2.24) is 9.97 Å². The van der Waals surface area contributed by atoms with E-state index in [0.29, 0.717) is 11.5 Å². The molecule has 1 aromatic heterocycles. The van der Waals surface area contributed by atoms with Crippen LogP contribution in [-0.2, 0) is 0 Å². The topological polar surface area (TPSA) is 68.9 Å². The number of aromatic nitrogens is 2. The number of nitrogens with two attached hydrogens (primary N) is 1. The third kappa shape index (κ3) is 1.53. The fraction of sp³-hybridized carbons (Fsp3) is 0.500. The standard InChI is InChI=1S/C10H13N3O/c1-10(11,8-2-3-8)9(14)7-4-12-6-13-5-7/h4-6,8H,2-3,11H2,1H3. The van der Waals surface area contributed by atoms with Crippen molar-refractivity contribution in [3.05, 3.63) is 24.3 Å². The second kappa shape index (κ2) is 3.13. The van der Waals surface area contributed by atoms with Gasteiger partial charge in [0, 0.05) is 12.4 Å². The fourth-order valence-corrected chi connectivity index (χ4v) is 1.60. The van der Waals surface area contributed by atoms with E-state index in [0.717, 1.165) is 12.8 Å². The lowest BCUT2D eigenvalue weighted by molar-refractivity contribution is 0.0882. The summed E-state index contributed by atoms with van der Waals surface area (Å²) in [5, 5.41) is 0. The van der Waals surface area contributed by atoms with Crippen LogP contribution in [0.4, 0.5) is 0 Å². The number of carbonyl (C=O) groups is 1. The van der Waals surface area contributed by atoms with Crippen molar-refractivity contribution in [2.75, 3.05) is 0 Å². The second-order valence-corrected chi connectivity index (χ2v) is 4.01. The molecule has 1 aromatic rings. The van der Waals surface area contributed by atoms with Crippen LogP contribution in [-0.4, -0.2) is 21.3 Å². The summed E-state index contributed by atoms with van der Waals surface area (Å²) >= 11 is 0. The van der Waals surface area contributed by atoms with E-state index in [1.54, 1.807) is 6.92 Å². The molecule has 0 radical (unpaired) electrons. The van der Waals surface area contributed by atoms with Crippen molar-refractivity contribution >= 4 is 5.78 Å². The van der Waals surface area contributed by atoms with Crippen LogP contribution >= 0.6 is 0 Å². The van der Waals surface area contributed by atoms with Gasteiger partial charge in [0.05, 0.1) is 11.1 Å². The van der Waals surface area contributed by atoms with Crippen LogP contribution < -0.4 is 5.73 Å². The molecule has 1 heterocycles. The summed E-state index contributed by atoms with van der Waals surface area (Å²) in [6.07, 6.45) is 6.53. The van der Waals surface area contributed by atoms with E-state index in [4.69, 9.17) is 5.73 Å². The number of rotatable bonds is 3. The highest BCUT2D eigenvalue weighted by atomic mass is 16.1. The Hall–Kier alpha value is -1.29. The Morgan fingerprint density at radius 2 is 2.07 bits per heavy atom. The smallest absolute Gasteiger partial charge is 0.185 e. The summed E-state index contributed by atoms with van der Waals surface area (Å²) in [7, 11) is 0. The van der Waals surface area contributed by atoms with Gasteiger partial charge >= 0.3 is 0 Å². The Balaban J connectivity index is 2.23. The molecule has 0 saturated heterocycles. The van der Waals surface area contributed by atoms with Gasteiger partial charge in [0.1, 0.15) is 6.33 Å². The normalized spacial score (nSPS) is 20.1. The maximum Gasteiger partial charge on any atom is 0.185 e. The van der Waals surface area contributed by atoms with Crippen molar-refractivity contribution in [2.24, 2.45) is 11.7 Å². The number of hydrogen-bond donors (Lipinski definition) is 1. The lowest BCUT2D eigenvalue weighted by Gasteiger charge is -2.22. The summed E-state index contributed by atoms with van der Waals surface area (Å²) in [5.41, 5.74) is 5.75. The van der Waals surface area contributed by atoms with Crippen molar-refractivity contribution in [2.45, 2.75) is 25.3 Å². The number of Topliss-reactive ketones (excluding diaryl/α,β-unsaturated/α-hetero) is 1. The highest BCUT2D eigenvalue weighted by molar-refractivity contribution is 6.02. The van der Waals surface area contributed by atoms with Crippen LogP contribution in [0.2, 0.25) is 0 Å². The van der Waals surface area contributed by atoms with Gasteiger partial charge in [-0.15, -0.1) is 0 Å². The van der Waals surface area contributed by atoms with Crippen LogP contribution in [0.1, 0.15) is 30.1 Å². The molecule has 1 unspecified atom stereocenters. The average Bonchev–Trinajstić information content (AvgIpc) is 3.01. The monoisotopic (exact) mass is 191 g/mol. The molecule has 1 atom stereocenters. The van der Waals surface area contributed by atoms with Gasteiger partial charge in [0.25, 0.3) is 0 Å². The number of carbonyl (C=O) groups excluding carboxylic acids is 1. The molecule has 1 saturated carbocycles. The van der Waals surface area contributed by atoms with E-state index in [1.165, 1.54) is 18.7 Å². The summed E-state index contributed by atoms with van der Waals surface area (Å²) in [5.74, 6) is 0.274. The molecule has 0 bridgehead atoms. The molecular formula is C10H13N3O. The Labute approximate surface area is 82.6 Å². The summed E-state index contributed by atoms with van der Waals surface area (Å²) in [6.45, 7) is 1.79. The molecule has 0 spiro atoms. The first-order chi connectivity index (χ1) is 6.62. The Kier molecular flexibility index (Phi) is 2.07. The van der Waals surface area contributed by atoms with E-state index in [9.17, 15) is 4.79 Å². The zero-order chi connectivity index (χ0) is 10.2. The maximum absolute atomic E-state index is 11.9. The molecular weight excluding hydrogens is 178 g/mol. The highest BCUT2D eigenvalue weighted by Crippen LogP contribution is 2.39. The maximum atomic E-state index is 11.9. The van der Waals surface area contributed by atoms with E-state index in [-0.39, 0.29) is 5.78 Å². The Bertz CT molecular complexity index is 344. The van der Waals surface area contributed by atoms with Crippen LogP contribution in [0.3, 0.4) is 0 Å². The minimum atomic E-state index is -0.745. The van der Waals surface area contributed by atoms with Gasteiger partial charge in [-0.3, -0.25) is 4.79 Å². The molecule has 0 amide bonds. The second-order valence-electron chi connectivity index (χ2n) is 4.01. The van der Waals surface area contributed by atoms with Crippen LogP contribution in [0, 0.1) is 5.92 Å². The van der Waals surface area contributed by atoms with Crippen molar-refractivity contribution < 1.29 is 4.79 Å². The quantitative estimate of drug-likeness (QED) is 0.717. The lowest BCUT2D eigenvalue weighted by atomic mass is 9.89. The van der Waals surface area contributed by atoms with E-state index >= 15 is 0 Å². The SMILES string of the molecule is CC(N)(C(=O)c1cncnc1)C1CC1. The summed E-state index contributed by atoms with van der Waals surface area (Å²) in [6, 6.07) is 0. The molecule has 0 aromatic carbocycles. The average molecular weight is 191 g/mol. The van der Waals surface area contributed by atoms with Crippen molar-refractivity contribution in [1.29, 1.82) is 0 Å². The van der Waals surface area contributed by atoms with Crippen molar-refractivity contribution in [3.63, 3.8) is 0 Å². The highest BCUT2D eigenvalue weighted by Gasteiger charge is 2.44. The van der Waals surface area contributed by atoms with Crippen LogP contribution in [0.15, 0.2) is 18.7 Å². The van der Waals surface area contributed by atoms with Gasteiger partial charge in [-0.25, -0.2) is 9.97 Å². The van der Waals surface area contributed by atoms with Gasteiger partial charge in [0.2, 0.25) is 0 Å². The largest absolute Gasteiger partial charge is 0.319 e. The minimum absolute atomic E-state index is 0.0550. The van der Waals surface area contributed by atoms with Gasteiger partial charge in [-0.05, 0) is 25.7 Å². The zero-order valence-corrected chi connectivity index (χ0v) is 8.10. The van der Waals surface area contributed by atoms with Gasteiger partial charge in [0.15, 0.2) is 5.78 Å². The first-order valence-corrected chi connectivity index (χ1v) is 4.71. The molecule has 4 heteroatoms. The van der Waals surface area contributed by atoms with Gasteiger partial charge < -0.3 is 5.73 Å². The molecule has 1 aliphatic carbocycles. The van der Waals surface area contributed by atoms with Gasteiger partial charge in [-0.1, -0.05) is 0 Å². The molecule has 74 valence electrons. The molecule has 1 fully saturated rings. The van der Waals surface area contributed by atoms with Crippen LogP contribution in [0.5, 0.6) is 0 Å². The van der Waals surface area contributed by atoms with Crippen molar-refractivity contribution in [3.8, 4) is 0 Å². The lowest BCUT2D eigenvalue weighted by Crippen LogP contribution is -2.47. The molecule has 2 N–H and O–H groups in total. The molecule has 1 aliphatic rings. The number of hydrogen-bond acceptors (Lipinski definition) is 4. The minimum Gasteiger partial charge on any atom is -0.319 e. The third-order valence-corrected chi connectivity index (χ3v) is 2.74. The molecule has 2 rings (SSSR count). The fourth-order valence-electron chi connectivity index (χ4n) is 1.60. The van der Waals surface area contributed by atoms with E-state index in [1.807, 2.05) is 0 Å². The number of nitrogens with zero attached hydrogens (tertiary/aromatic N) is 2. The first kappa shape index (κ1) is 9.27. The van der Waals surface area contributed by atoms with Crippen LogP contribution in [0.25, 0.3) is 0 Å². The van der Waals surface area contributed by atoms with E-state index in [2.05, 4.69) is 9.97 Å². The zero-order valence-electron chi connectivity index (χ0n) is 8.10. The van der Waals surface area contributed by atoms with Gasteiger partial charge in [-0.2, -0.15) is 0 Å². The summed E-state index contributed by atoms with van der Waals surface area (Å²) < 4.78 is 0. The molecule has 14 heavy (non-hydrogen) atoms. The Morgan fingerprint density at radius 1 is 1.50 bits per heavy atom. The predicted octanol–water partition coefficient (Wildman–Crippen LogP) is 0.787. The first-order valence-electron chi connectivity index (χ1n) is 4.71. The Morgan fingerprint density at radius 3 is 2.57 bits per heavy atom. The predicted molar refractivity (Wildman–Crippen MR) is 51.7 cm³/mol.